The van der Waals surface area contributed by atoms with Crippen molar-refractivity contribution in [1.82, 2.24) is 4.31 Å². The summed E-state index contributed by atoms with van der Waals surface area (Å²) in [5, 5.41) is 2.69. The number of ether oxygens (including phenoxy) is 1. The van der Waals surface area contributed by atoms with Crippen molar-refractivity contribution in [2.45, 2.75) is 37.8 Å². The summed E-state index contributed by atoms with van der Waals surface area (Å²) in [6, 6.07) is 9.00. The Kier molecular flexibility index (Phi) is 7.67. The number of alkyl halides is 3. The number of hydrogen-bond acceptors (Lipinski definition) is 5. The minimum atomic E-state index is -4.66. The van der Waals surface area contributed by atoms with Gasteiger partial charge < -0.3 is 10.1 Å². The number of nitrogens with zero attached hydrogens (tertiary/aromatic N) is 1. The van der Waals surface area contributed by atoms with Crippen molar-refractivity contribution in [3.05, 3.63) is 59.2 Å². The predicted octanol–water partition coefficient (Wildman–Crippen LogP) is 3.90. The molecule has 1 fully saturated rings. The van der Waals surface area contributed by atoms with Crippen LogP contribution < -0.4 is 5.32 Å². The molecule has 1 aliphatic heterocycles. The Morgan fingerprint density at radius 2 is 1.74 bits per heavy atom. The largest absolute Gasteiger partial charge is 0.455 e. The third-order valence-corrected chi connectivity index (χ3v) is 7.71. The van der Waals surface area contributed by atoms with Gasteiger partial charge in [-0.25, -0.2) is 8.42 Å². The first-order valence-corrected chi connectivity index (χ1v) is 12.0. The minimum absolute atomic E-state index is 0.0486. The lowest BCUT2D eigenvalue weighted by Gasteiger charge is -2.30. The Labute approximate surface area is 196 Å². The number of amides is 1. The van der Waals surface area contributed by atoms with Gasteiger partial charge in [-0.2, -0.15) is 17.5 Å². The standard InChI is InChI=1S/C23H25F3N2O5S/c1-15-5-3-8-20(16(15)2)27-21(29)14-33-22(30)17-9-11-28(12-10-17)34(31,32)19-7-4-6-18(13-19)23(24,25)26/h3-8,13,17H,9-12,14H2,1-2H3,(H,27,29). The maximum Gasteiger partial charge on any atom is 0.416 e. The average molecular weight is 499 g/mol. The number of halogens is 3. The Morgan fingerprint density at radius 3 is 2.38 bits per heavy atom. The molecule has 0 spiro atoms. The summed E-state index contributed by atoms with van der Waals surface area (Å²) in [5.74, 6) is -1.72. The molecule has 3 rings (SSSR count). The van der Waals surface area contributed by atoms with Crippen molar-refractivity contribution in [1.29, 1.82) is 0 Å². The molecule has 0 radical (unpaired) electrons. The van der Waals surface area contributed by atoms with Gasteiger partial charge in [0.1, 0.15) is 0 Å². The van der Waals surface area contributed by atoms with Crippen molar-refractivity contribution < 1.29 is 35.9 Å². The molecule has 1 aliphatic rings. The summed E-state index contributed by atoms with van der Waals surface area (Å²) >= 11 is 0. The fourth-order valence-corrected chi connectivity index (χ4v) is 5.16. The van der Waals surface area contributed by atoms with Crippen LogP contribution in [0.2, 0.25) is 0 Å². The van der Waals surface area contributed by atoms with Crippen LogP contribution in [-0.4, -0.2) is 44.3 Å². The number of nitrogens with one attached hydrogen (secondary N) is 1. The number of anilines is 1. The van der Waals surface area contributed by atoms with E-state index in [1.165, 1.54) is 0 Å². The van der Waals surface area contributed by atoms with Crippen LogP contribution in [-0.2, 0) is 30.5 Å². The molecule has 0 unspecified atom stereocenters. The lowest BCUT2D eigenvalue weighted by Crippen LogP contribution is -2.41. The van der Waals surface area contributed by atoms with E-state index in [1.54, 1.807) is 12.1 Å². The summed E-state index contributed by atoms with van der Waals surface area (Å²) in [7, 11) is -4.14. The zero-order valence-electron chi connectivity index (χ0n) is 18.7. The molecule has 0 aliphatic carbocycles. The van der Waals surface area contributed by atoms with Crippen LogP contribution in [0.1, 0.15) is 29.5 Å². The number of esters is 1. The third kappa shape index (κ3) is 5.95. The van der Waals surface area contributed by atoms with Crippen LogP contribution in [0.4, 0.5) is 18.9 Å². The number of piperidine rings is 1. The van der Waals surface area contributed by atoms with E-state index in [0.29, 0.717) is 11.8 Å². The molecule has 1 N–H and O–H groups in total. The predicted molar refractivity (Wildman–Crippen MR) is 118 cm³/mol. The van der Waals surface area contributed by atoms with Gasteiger partial charge in [-0.1, -0.05) is 18.2 Å². The van der Waals surface area contributed by atoms with Crippen molar-refractivity contribution in [2.75, 3.05) is 25.0 Å². The molecule has 0 atom stereocenters. The van der Waals surface area contributed by atoms with Gasteiger partial charge in [-0.15, -0.1) is 0 Å². The van der Waals surface area contributed by atoms with Crippen molar-refractivity contribution in [2.24, 2.45) is 5.92 Å². The summed E-state index contributed by atoms with van der Waals surface area (Å²) in [4.78, 5) is 24.1. The van der Waals surface area contributed by atoms with Crippen molar-refractivity contribution in [3.8, 4) is 0 Å². The van der Waals surface area contributed by atoms with Gasteiger partial charge in [0.15, 0.2) is 6.61 Å². The smallest absolute Gasteiger partial charge is 0.416 e. The van der Waals surface area contributed by atoms with Gasteiger partial charge >= 0.3 is 12.1 Å². The number of rotatable bonds is 6. The van der Waals surface area contributed by atoms with Crippen LogP contribution in [0.5, 0.6) is 0 Å². The molecule has 34 heavy (non-hydrogen) atoms. The Morgan fingerprint density at radius 1 is 1.09 bits per heavy atom. The van der Waals surface area contributed by atoms with Gasteiger partial charge in [-0.3, -0.25) is 9.59 Å². The fraction of sp³-hybridized carbons (Fsp3) is 0.391. The van der Waals surface area contributed by atoms with Crippen LogP contribution >= 0.6 is 0 Å². The van der Waals surface area contributed by atoms with Gasteiger partial charge in [0.25, 0.3) is 5.91 Å². The third-order valence-electron chi connectivity index (χ3n) is 5.81. The zero-order valence-corrected chi connectivity index (χ0v) is 19.5. The Balaban J connectivity index is 1.53. The highest BCUT2D eigenvalue weighted by molar-refractivity contribution is 7.89. The van der Waals surface area contributed by atoms with Crippen LogP contribution in [0.15, 0.2) is 47.4 Å². The maximum atomic E-state index is 12.9. The Hall–Kier alpha value is -2.92. The highest BCUT2D eigenvalue weighted by Crippen LogP contribution is 2.32. The molecular weight excluding hydrogens is 473 g/mol. The first kappa shape index (κ1) is 25.7. The quantitative estimate of drug-likeness (QED) is 0.610. The van der Waals surface area contributed by atoms with E-state index >= 15 is 0 Å². The lowest BCUT2D eigenvalue weighted by atomic mass is 9.98. The van der Waals surface area contributed by atoms with Gasteiger partial charge in [-0.05, 0) is 62.1 Å². The maximum absolute atomic E-state index is 12.9. The van der Waals surface area contributed by atoms with Crippen molar-refractivity contribution in [3.63, 3.8) is 0 Å². The van der Waals surface area contributed by atoms with E-state index in [2.05, 4.69) is 5.32 Å². The topological polar surface area (TPSA) is 92.8 Å². The Bertz CT molecular complexity index is 1170. The molecule has 1 heterocycles. The number of carbonyl (C=O) groups is 2. The van der Waals surface area contributed by atoms with E-state index in [1.807, 2.05) is 19.9 Å². The van der Waals surface area contributed by atoms with E-state index in [-0.39, 0.29) is 25.9 Å². The SMILES string of the molecule is Cc1cccc(NC(=O)COC(=O)C2CCN(S(=O)(=O)c3cccc(C(F)(F)F)c3)CC2)c1C. The van der Waals surface area contributed by atoms with Crippen LogP contribution in [0, 0.1) is 19.8 Å². The molecule has 0 saturated carbocycles. The number of carbonyl (C=O) groups excluding carboxylic acids is 2. The lowest BCUT2D eigenvalue weighted by molar-refractivity contribution is -0.152. The molecule has 0 bridgehead atoms. The number of hydrogen-bond donors (Lipinski definition) is 1. The molecule has 184 valence electrons. The summed E-state index contributed by atoms with van der Waals surface area (Å²) < 4.78 is 70.5. The fourth-order valence-electron chi connectivity index (χ4n) is 3.64. The zero-order chi connectivity index (χ0) is 25.1. The summed E-state index contributed by atoms with van der Waals surface area (Å²) in [5.41, 5.74) is 1.47. The highest BCUT2D eigenvalue weighted by atomic mass is 32.2. The van der Waals surface area contributed by atoms with E-state index in [9.17, 15) is 31.2 Å². The molecular formula is C23H25F3N2O5S. The molecule has 11 heteroatoms. The number of benzene rings is 2. The molecule has 0 aromatic heterocycles. The normalized spacial score (nSPS) is 15.7. The van der Waals surface area contributed by atoms with Crippen molar-refractivity contribution >= 4 is 27.6 Å². The van der Waals surface area contributed by atoms with E-state index in [4.69, 9.17) is 4.74 Å². The van der Waals surface area contributed by atoms with Gasteiger partial charge in [0, 0.05) is 18.8 Å². The minimum Gasteiger partial charge on any atom is -0.455 e. The first-order valence-electron chi connectivity index (χ1n) is 10.6. The second kappa shape index (κ2) is 10.1. The number of sulfonamides is 1. The first-order chi connectivity index (χ1) is 15.9. The van der Waals surface area contributed by atoms with Gasteiger partial charge in [0.2, 0.25) is 10.0 Å². The molecule has 2 aromatic rings. The molecule has 1 amide bonds. The second-order valence-electron chi connectivity index (χ2n) is 8.11. The summed E-state index contributed by atoms with van der Waals surface area (Å²) in [6.45, 7) is 3.19. The van der Waals surface area contributed by atoms with Gasteiger partial charge in [0.05, 0.1) is 16.4 Å². The number of aryl methyl sites for hydroxylation is 1. The van der Waals surface area contributed by atoms with Crippen LogP contribution in [0.25, 0.3) is 0 Å². The van der Waals surface area contributed by atoms with Crippen LogP contribution in [0.3, 0.4) is 0 Å². The second-order valence-corrected chi connectivity index (χ2v) is 10.0. The molecule has 7 nitrogen and oxygen atoms in total. The summed E-state index contributed by atoms with van der Waals surface area (Å²) in [6.07, 6.45) is -4.39. The monoisotopic (exact) mass is 498 g/mol. The molecule has 1 saturated heterocycles. The van der Waals surface area contributed by atoms with E-state index in [0.717, 1.165) is 33.6 Å². The highest BCUT2D eigenvalue weighted by Gasteiger charge is 2.35. The molecule has 2 aromatic carbocycles. The average Bonchev–Trinajstić information content (AvgIpc) is 2.80. The van der Waals surface area contributed by atoms with E-state index < -0.39 is 51.1 Å².